The summed E-state index contributed by atoms with van der Waals surface area (Å²) in [6.45, 7) is 2.42. The van der Waals surface area contributed by atoms with E-state index in [1.165, 1.54) is 11.9 Å². The van der Waals surface area contributed by atoms with Crippen LogP contribution in [-0.4, -0.2) is 70.1 Å². The number of carbonyl (C=O) groups is 4. The quantitative estimate of drug-likeness (QED) is 0.569. The van der Waals surface area contributed by atoms with Crippen molar-refractivity contribution in [2.45, 2.75) is 13.8 Å². The molecule has 1 saturated heterocycles. The molecule has 0 saturated carbocycles. The van der Waals surface area contributed by atoms with Crippen LogP contribution in [0.25, 0.3) is 5.69 Å². The highest BCUT2D eigenvalue weighted by Crippen LogP contribution is 2.22. The second-order valence-corrected chi connectivity index (χ2v) is 6.62. The maximum atomic E-state index is 12.2. The molecule has 1 aromatic heterocycles. The number of urea groups is 1. The number of anilines is 1. The van der Waals surface area contributed by atoms with Crippen molar-refractivity contribution in [3.8, 4) is 5.69 Å². The molecular formula is C19H21N5O5. The number of aryl methyl sites for hydroxylation is 1. The maximum absolute atomic E-state index is 12.2. The molecule has 1 fully saturated rings. The van der Waals surface area contributed by atoms with Gasteiger partial charge >= 0.3 is 12.0 Å². The molecule has 1 aromatic carbocycles. The van der Waals surface area contributed by atoms with E-state index >= 15 is 0 Å². The number of benzene rings is 1. The SMILES string of the molecule is Cc1nn(-c2ccccc2)c(C)c1NC(=O)COC(=O)CN1C(=O)CN(C)C1=O. The fourth-order valence-corrected chi connectivity index (χ4v) is 2.96. The summed E-state index contributed by atoms with van der Waals surface area (Å²) in [5.41, 5.74) is 2.72. The van der Waals surface area contributed by atoms with Crippen molar-refractivity contribution in [2.75, 3.05) is 32.1 Å². The van der Waals surface area contributed by atoms with Gasteiger partial charge in [0.2, 0.25) is 0 Å². The molecule has 0 unspecified atom stereocenters. The van der Waals surface area contributed by atoms with Gasteiger partial charge in [-0.15, -0.1) is 0 Å². The van der Waals surface area contributed by atoms with E-state index in [0.29, 0.717) is 11.4 Å². The summed E-state index contributed by atoms with van der Waals surface area (Å²) < 4.78 is 6.60. The number of amides is 4. The normalized spacial score (nSPS) is 13.8. The van der Waals surface area contributed by atoms with Gasteiger partial charge in [-0.1, -0.05) is 18.2 Å². The Kier molecular flexibility index (Phi) is 5.62. The van der Waals surface area contributed by atoms with E-state index in [2.05, 4.69) is 10.4 Å². The van der Waals surface area contributed by atoms with Crippen LogP contribution in [0, 0.1) is 13.8 Å². The zero-order chi connectivity index (χ0) is 21.1. The van der Waals surface area contributed by atoms with Crippen molar-refractivity contribution in [3.05, 3.63) is 41.7 Å². The summed E-state index contributed by atoms with van der Waals surface area (Å²) >= 11 is 0. The van der Waals surface area contributed by atoms with E-state index in [4.69, 9.17) is 4.74 Å². The highest BCUT2D eigenvalue weighted by atomic mass is 16.5. The van der Waals surface area contributed by atoms with Crippen molar-refractivity contribution in [2.24, 2.45) is 0 Å². The number of aromatic nitrogens is 2. The molecule has 10 heteroatoms. The van der Waals surface area contributed by atoms with Gasteiger partial charge in [-0.2, -0.15) is 5.10 Å². The van der Waals surface area contributed by atoms with Crippen molar-refractivity contribution < 1.29 is 23.9 Å². The summed E-state index contributed by atoms with van der Waals surface area (Å²) in [4.78, 5) is 49.5. The molecule has 0 aliphatic carbocycles. The molecule has 1 aliphatic rings. The Morgan fingerprint density at radius 3 is 2.48 bits per heavy atom. The molecule has 4 amide bonds. The van der Waals surface area contributed by atoms with Gasteiger partial charge in [0.15, 0.2) is 6.61 Å². The second-order valence-electron chi connectivity index (χ2n) is 6.62. The van der Waals surface area contributed by atoms with E-state index in [0.717, 1.165) is 16.3 Å². The fraction of sp³-hybridized carbons (Fsp3) is 0.316. The number of nitrogens with zero attached hydrogens (tertiary/aromatic N) is 4. The van der Waals surface area contributed by atoms with Gasteiger partial charge in [-0.3, -0.25) is 19.3 Å². The molecule has 10 nitrogen and oxygen atoms in total. The van der Waals surface area contributed by atoms with Crippen molar-refractivity contribution in [1.29, 1.82) is 0 Å². The van der Waals surface area contributed by atoms with Gasteiger partial charge in [0.05, 0.1) is 22.8 Å². The first-order chi connectivity index (χ1) is 13.8. The zero-order valence-electron chi connectivity index (χ0n) is 16.3. The third-order valence-electron chi connectivity index (χ3n) is 4.44. The number of nitrogens with one attached hydrogen (secondary N) is 1. The summed E-state index contributed by atoms with van der Waals surface area (Å²) in [5.74, 6) is -1.88. The topological polar surface area (TPSA) is 114 Å². The Morgan fingerprint density at radius 2 is 1.86 bits per heavy atom. The third-order valence-corrected chi connectivity index (χ3v) is 4.44. The Morgan fingerprint density at radius 1 is 1.17 bits per heavy atom. The molecular weight excluding hydrogens is 378 g/mol. The number of ether oxygens (including phenoxy) is 1. The minimum absolute atomic E-state index is 0.0867. The van der Waals surface area contributed by atoms with Gasteiger partial charge in [-0.25, -0.2) is 9.48 Å². The first-order valence-corrected chi connectivity index (χ1v) is 8.90. The average molecular weight is 399 g/mol. The van der Waals surface area contributed by atoms with E-state index < -0.39 is 37.0 Å². The lowest BCUT2D eigenvalue weighted by Gasteiger charge is -2.13. The third kappa shape index (κ3) is 4.26. The molecule has 0 atom stereocenters. The number of hydrogen-bond acceptors (Lipinski definition) is 6. The van der Waals surface area contributed by atoms with Crippen LogP contribution in [0.15, 0.2) is 30.3 Å². The monoisotopic (exact) mass is 399 g/mol. The first-order valence-electron chi connectivity index (χ1n) is 8.90. The molecule has 3 rings (SSSR count). The minimum Gasteiger partial charge on any atom is -0.454 e. The predicted octanol–water partition coefficient (Wildman–Crippen LogP) is 0.865. The number of hydrogen-bond donors (Lipinski definition) is 1. The lowest BCUT2D eigenvalue weighted by Crippen LogP contribution is -2.37. The van der Waals surface area contributed by atoms with Crippen molar-refractivity contribution >= 4 is 29.5 Å². The summed E-state index contributed by atoms with van der Waals surface area (Å²) in [6, 6.07) is 8.88. The van der Waals surface area contributed by atoms with Crippen molar-refractivity contribution in [1.82, 2.24) is 19.6 Å². The second kappa shape index (κ2) is 8.13. The number of rotatable bonds is 6. The number of para-hydroxylation sites is 1. The zero-order valence-corrected chi connectivity index (χ0v) is 16.3. The molecule has 2 heterocycles. The lowest BCUT2D eigenvalue weighted by atomic mass is 10.3. The van der Waals surface area contributed by atoms with Gasteiger partial charge < -0.3 is 15.0 Å². The highest BCUT2D eigenvalue weighted by Gasteiger charge is 2.35. The van der Waals surface area contributed by atoms with Gasteiger partial charge in [-0.05, 0) is 26.0 Å². The fourth-order valence-electron chi connectivity index (χ4n) is 2.96. The summed E-state index contributed by atoms with van der Waals surface area (Å²) in [6.07, 6.45) is 0. The smallest absolute Gasteiger partial charge is 0.327 e. The number of carbonyl (C=O) groups excluding carboxylic acids is 4. The number of imide groups is 1. The van der Waals surface area contributed by atoms with E-state index in [1.54, 1.807) is 11.6 Å². The van der Waals surface area contributed by atoms with E-state index in [-0.39, 0.29) is 6.54 Å². The molecule has 29 heavy (non-hydrogen) atoms. The van der Waals surface area contributed by atoms with Crippen LogP contribution >= 0.6 is 0 Å². The Bertz CT molecular complexity index is 969. The van der Waals surface area contributed by atoms with Gasteiger partial charge in [0.1, 0.15) is 13.1 Å². The molecule has 0 radical (unpaired) electrons. The van der Waals surface area contributed by atoms with Crippen LogP contribution in [-0.2, 0) is 19.1 Å². The van der Waals surface area contributed by atoms with Crippen LogP contribution in [0.5, 0.6) is 0 Å². The van der Waals surface area contributed by atoms with Crippen LogP contribution < -0.4 is 5.32 Å². The predicted molar refractivity (Wildman–Crippen MR) is 102 cm³/mol. The highest BCUT2D eigenvalue weighted by molar-refractivity contribution is 6.04. The Hall–Kier alpha value is -3.69. The molecule has 152 valence electrons. The van der Waals surface area contributed by atoms with Gasteiger partial charge in [0, 0.05) is 7.05 Å². The van der Waals surface area contributed by atoms with Crippen LogP contribution in [0.1, 0.15) is 11.4 Å². The van der Waals surface area contributed by atoms with Crippen LogP contribution in [0.2, 0.25) is 0 Å². The van der Waals surface area contributed by atoms with E-state index in [1.807, 2.05) is 37.3 Å². The summed E-state index contributed by atoms with van der Waals surface area (Å²) in [5, 5.41) is 7.12. The number of likely N-dealkylation sites (N-methyl/N-ethyl adjacent to an activating group) is 1. The molecule has 0 spiro atoms. The first kappa shape index (κ1) is 20.1. The van der Waals surface area contributed by atoms with Crippen LogP contribution in [0.4, 0.5) is 10.5 Å². The minimum atomic E-state index is -0.842. The van der Waals surface area contributed by atoms with Crippen molar-refractivity contribution in [3.63, 3.8) is 0 Å². The Labute approximate surface area is 167 Å². The van der Waals surface area contributed by atoms with E-state index in [9.17, 15) is 19.2 Å². The number of esters is 1. The summed E-state index contributed by atoms with van der Waals surface area (Å²) in [7, 11) is 1.46. The lowest BCUT2D eigenvalue weighted by molar-refractivity contribution is -0.149. The largest absolute Gasteiger partial charge is 0.454 e. The molecule has 1 N–H and O–H groups in total. The van der Waals surface area contributed by atoms with Gasteiger partial charge in [0.25, 0.3) is 11.8 Å². The molecule has 2 aromatic rings. The maximum Gasteiger partial charge on any atom is 0.327 e. The Balaban J connectivity index is 1.57. The standard InChI is InChI=1S/C19H21N5O5/c1-12-18(13(2)24(21-12)14-7-5-4-6-8-14)20-15(25)11-29-17(27)10-23-16(26)9-22(3)19(23)28/h4-8H,9-11H2,1-3H3,(H,20,25). The molecule has 1 aliphatic heterocycles. The van der Waals surface area contributed by atoms with Crippen LogP contribution in [0.3, 0.4) is 0 Å². The molecule has 0 bridgehead atoms. The average Bonchev–Trinajstić information content (AvgIpc) is 3.11.